The number of aliphatic imine (C=N–C) groups is 2. The van der Waals surface area contributed by atoms with E-state index in [1.54, 1.807) is 0 Å². The average molecular weight is 275 g/mol. The monoisotopic (exact) mass is 275 g/mol. The van der Waals surface area contributed by atoms with Gasteiger partial charge in [-0.3, -0.25) is 9.78 Å². The van der Waals surface area contributed by atoms with Crippen LogP contribution in [0.15, 0.2) is 49.6 Å². The standard InChI is InChI=1S/C10H5N5O3S/c16-9-8-7(5-12-15-8)13-10(14-9)19(17,18)6-2-1-3-11-4-6/h1-5H. The summed E-state index contributed by atoms with van der Waals surface area (Å²) < 4.78 is 24.4. The van der Waals surface area contributed by atoms with Crippen LogP contribution >= 0.6 is 0 Å². The van der Waals surface area contributed by atoms with Gasteiger partial charge < -0.3 is 0 Å². The third kappa shape index (κ3) is 1.80. The van der Waals surface area contributed by atoms with Crippen LogP contribution in [0.5, 0.6) is 0 Å². The lowest BCUT2D eigenvalue weighted by atomic mass is 10.2. The number of nitrogens with zero attached hydrogens (tertiary/aromatic N) is 5. The van der Waals surface area contributed by atoms with Crippen molar-refractivity contribution in [1.82, 2.24) is 4.98 Å². The van der Waals surface area contributed by atoms with Gasteiger partial charge in [-0.25, -0.2) is 13.4 Å². The number of amidine groups is 1. The molecular formula is C10H5N5O3S. The second-order valence-corrected chi connectivity index (χ2v) is 5.43. The fraction of sp³-hybridized carbons (Fsp3) is 0. The summed E-state index contributed by atoms with van der Waals surface area (Å²) in [6.45, 7) is 0. The average Bonchev–Trinajstić information content (AvgIpc) is 2.88. The molecule has 8 nitrogen and oxygen atoms in total. The minimum Gasteiger partial charge on any atom is -0.265 e. The third-order valence-electron chi connectivity index (χ3n) is 2.38. The fourth-order valence-corrected chi connectivity index (χ4v) is 2.58. The highest BCUT2D eigenvalue weighted by Gasteiger charge is 2.32. The van der Waals surface area contributed by atoms with Crippen LogP contribution in [0.3, 0.4) is 0 Å². The number of carbonyl (C=O) groups is 1. The summed E-state index contributed by atoms with van der Waals surface area (Å²) in [4.78, 5) is 22.5. The molecule has 0 unspecified atom stereocenters. The zero-order chi connectivity index (χ0) is 13.5. The topological polar surface area (TPSA) is 114 Å². The largest absolute Gasteiger partial charge is 0.302 e. The van der Waals surface area contributed by atoms with Crippen LogP contribution in [0.4, 0.5) is 0 Å². The number of pyridine rings is 1. The molecule has 0 fully saturated rings. The zero-order valence-electron chi connectivity index (χ0n) is 9.26. The van der Waals surface area contributed by atoms with Gasteiger partial charge in [-0.1, -0.05) is 0 Å². The number of hydrogen-bond donors (Lipinski definition) is 0. The molecule has 19 heavy (non-hydrogen) atoms. The number of fused-ring (bicyclic) bond motifs is 1. The van der Waals surface area contributed by atoms with Crippen LogP contribution in [-0.2, 0) is 14.6 Å². The van der Waals surface area contributed by atoms with E-state index in [0.717, 1.165) is 6.20 Å². The Morgan fingerprint density at radius 1 is 1.16 bits per heavy atom. The van der Waals surface area contributed by atoms with Crippen molar-refractivity contribution in [3.8, 4) is 0 Å². The molecule has 0 spiro atoms. The molecule has 0 atom stereocenters. The first-order valence-electron chi connectivity index (χ1n) is 5.07. The van der Waals surface area contributed by atoms with E-state index < -0.39 is 20.9 Å². The number of sulfone groups is 1. The Labute approximate surface area is 107 Å². The molecule has 1 aromatic heterocycles. The normalized spacial score (nSPS) is 17.7. The second-order valence-electron chi connectivity index (χ2n) is 3.58. The highest BCUT2D eigenvalue weighted by Crippen LogP contribution is 2.15. The number of carbonyl (C=O) groups excluding carboxylic acids is 1. The van der Waals surface area contributed by atoms with Crippen LogP contribution in [0.2, 0.25) is 0 Å². The summed E-state index contributed by atoms with van der Waals surface area (Å²) in [6.07, 6.45) is 3.81. The van der Waals surface area contributed by atoms with E-state index in [-0.39, 0.29) is 16.3 Å². The Morgan fingerprint density at radius 2 is 2.00 bits per heavy atom. The van der Waals surface area contributed by atoms with Crippen molar-refractivity contribution in [3.63, 3.8) is 0 Å². The number of aromatic nitrogens is 1. The molecule has 2 aliphatic rings. The Morgan fingerprint density at radius 3 is 2.74 bits per heavy atom. The third-order valence-corrected chi connectivity index (χ3v) is 3.91. The van der Waals surface area contributed by atoms with Crippen molar-refractivity contribution in [1.29, 1.82) is 0 Å². The molecule has 0 bridgehead atoms. The highest BCUT2D eigenvalue weighted by molar-refractivity contribution is 8.06. The van der Waals surface area contributed by atoms with Gasteiger partial charge in [0.1, 0.15) is 5.71 Å². The summed E-state index contributed by atoms with van der Waals surface area (Å²) >= 11 is 0. The molecule has 94 valence electrons. The van der Waals surface area contributed by atoms with Gasteiger partial charge >= 0.3 is 5.91 Å². The van der Waals surface area contributed by atoms with E-state index in [2.05, 4.69) is 25.2 Å². The first kappa shape index (κ1) is 11.5. The molecule has 2 aliphatic heterocycles. The first-order chi connectivity index (χ1) is 9.09. The molecule has 0 saturated carbocycles. The molecule has 9 heteroatoms. The SMILES string of the molecule is O=C1N=C(S(=O)(=O)c2cccnc2)N=C2C=NN=C12. The number of hydrogen-bond acceptors (Lipinski definition) is 7. The van der Waals surface area contributed by atoms with Crippen molar-refractivity contribution in [3.05, 3.63) is 24.5 Å². The van der Waals surface area contributed by atoms with Crippen LogP contribution in [-0.4, -0.2) is 42.1 Å². The Kier molecular flexibility index (Phi) is 2.42. The van der Waals surface area contributed by atoms with Gasteiger partial charge in [0.05, 0.1) is 11.1 Å². The van der Waals surface area contributed by atoms with Gasteiger partial charge in [-0.15, -0.1) is 5.10 Å². The maximum atomic E-state index is 12.2. The van der Waals surface area contributed by atoms with E-state index in [1.165, 1.54) is 24.5 Å². The number of rotatable bonds is 1. The highest BCUT2D eigenvalue weighted by atomic mass is 32.2. The van der Waals surface area contributed by atoms with Crippen molar-refractivity contribution < 1.29 is 13.2 Å². The molecular weight excluding hydrogens is 270 g/mol. The maximum Gasteiger partial charge on any atom is 0.302 e. The molecule has 0 aliphatic carbocycles. The van der Waals surface area contributed by atoms with Crippen LogP contribution in [0.1, 0.15) is 0 Å². The smallest absolute Gasteiger partial charge is 0.265 e. The van der Waals surface area contributed by atoms with E-state index >= 15 is 0 Å². The van der Waals surface area contributed by atoms with Crippen LogP contribution < -0.4 is 0 Å². The second kappa shape index (κ2) is 3.99. The minimum atomic E-state index is -3.97. The lowest BCUT2D eigenvalue weighted by Gasteiger charge is -2.07. The summed E-state index contributed by atoms with van der Waals surface area (Å²) in [5, 5.41) is 6.44. The van der Waals surface area contributed by atoms with Gasteiger partial charge in [0, 0.05) is 12.4 Å². The van der Waals surface area contributed by atoms with Crippen molar-refractivity contribution in [2.75, 3.05) is 0 Å². The summed E-state index contributed by atoms with van der Waals surface area (Å²) in [5.41, 5.74) is 0.0487. The van der Waals surface area contributed by atoms with E-state index in [4.69, 9.17) is 0 Å². The molecule has 0 aromatic carbocycles. The summed E-state index contributed by atoms with van der Waals surface area (Å²) in [7, 11) is -3.97. The number of amides is 1. The Hall–Kier alpha value is -2.55. The molecule has 1 aromatic rings. The Balaban J connectivity index is 2.12. The molecule has 3 rings (SSSR count). The summed E-state index contributed by atoms with van der Waals surface area (Å²) in [6, 6.07) is 2.82. The van der Waals surface area contributed by atoms with Gasteiger partial charge in [0.15, 0.2) is 5.71 Å². The summed E-state index contributed by atoms with van der Waals surface area (Å²) in [5.74, 6) is -0.773. The fourth-order valence-electron chi connectivity index (χ4n) is 1.49. The van der Waals surface area contributed by atoms with Crippen molar-refractivity contribution in [2.24, 2.45) is 20.2 Å². The van der Waals surface area contributed by atoms with Gasteiger partial charge in [-0.05, 0) is 12.1 Å². The van der Waals surface area contributed by atoms with Gasteiger partial charge in [-0.2, -0.15) is 10.1 Å². The lowest BCUT2D eigenvalue weighted by Crippen LogP contribution is -2.30. The first-order valence-corrected chi connectivity index (χ1v) is 6.55. The predicted molar refractivity (Wildman–Crippen MR) is 67.2 cm³/mol. The van der Waals surface area contributed by atoms with Crippen molar-refractivity contribution >= 4 is 38.6 Å². The minimum absolute atomic E-state index is 0.0508. The van der Waals surface area contributed by atoms with Gasteiger partial charge in [0.25, 0.3) is 5.17 Å². The lowest BCUT2D eigenvalue weighted by molar-refractivity contribution is -0.111. The molecule has 0 radical (unpaired) electrons. The van der Waals surface area contributed by atoms with Crippen LogP contribution in [0, 0.1) is 0 Å². The molecule has 3 heterocycles. The quantitative estimate of drug-likeness (QED) is 0.695. The van der Waals surface area contributed by atoms with Crippen molar-refractivity contribution in [2.45, 2.75) is 4.90 Å². The van der Waals surface area contributed by atoms with E-state index in [0.29, 0.717) is 0 Å². The zero-order valence-corrected chi connectivity index (χ0v) is 10.1. The molecule has 0 N–H and O–H groups in total. The maximum absolute atomic E-state index is 12.2. The van der Waals surface area contributed by atoms with Crippen LogP contribution in [0.25, 0.3) is 0 Å². The Bertz CT molecular complexity index is 790. The van der Waals surface area contributed by atoms with E-state index in [1.807, 2.05) is 0 Å². The van der Waals surface area contributed by atoms with E-state index in [9.17, 15) is 13.2 Å². The molecule has 1 amide bonds. The predicted octanol–water partition coefficient (Wildman–Crippen LogP) is -0.367. The molecule has 0 saturated heterocycles. The van der Waals surface area contributed by atoms with Gasteiger partial charge in [0.2, 0.25) is 9.84 Å².